The Balaban J connectivity index is 1.48. The van der Waals surface area contributed by atoms with E-state index in [-0.39, 0.29) is 16.9 Å². The van der Waals surface area contributed by atoms with Gasteiger partial charge in [-0.15, -0.1) is 5.10 Å². The zero-order valence-electron chi connectivity index (χ0n) is 21.6. The van der Waals surface area contributed by atoms with Gasteiger partial charge in [0.25, 0.3) is 11.5 Å². The minimum Gasteiger partial charge on any atom is -0.382 e. The van der Waals surface area contributed by atoms with Crippen molar-refractivity contribution in [1.29, 1.82) is 0 Å². The van der Waals surface area contributed by atoms with Gasteiger partial charge in [0.15, 0.2) is 5.82 Å². The van der Waals surface area contributed by atoms with Crippen molar-refractivity contribution in [3.05, 3.63) is 112 Å². The quantitative estimate of drug-likeness (QED) is 0.335. The molecule has 0 radical (unpaired) electrons. The van der Waals surface area contributed by atoms with E-state index in [1.807, 2.05) is 37.4 Å². The van der Waals surface area contributed by atoms with Crippen molar-refractivity contribution in [2.45, 2.75) is 13.0 Å². The number of nitrogens with two attached hydrogens (primary N) is 1. The Kier molecular flexibility index (Phi) is 6.05. The molecule has 0 aliphatic carbocycles. The number of nitrogen functional groups attached to an aromatic ring is 1. The highest BCUT2D eigenvalue weighted by molar-refractivity contribution is 6.05. The highest BCUT2D eigenvalue weighted by atomic mass is 16.2. The molecule has 11 nitrogen and oxygen atoms in total. The fraction of sp³-hybridized carbons (Fsp3) is 0.103. The standard InChI is InChI=1S/C29H23N9O2/c1-18(33-28(39)25-23-13-14-31-17-37(23)35-26(25)30)27-34-22-10-6-7-20(12-11-19-15-32-36(2)16-19)24(22)29(40)38(27)21-8-4-3-5-9-21/h3-10,13-18H,1-2H3,(H2,30,35)(H,33,39)/t18-/m0/s1. The predicted molar refractivity (Wildman–Crippen MR) is 150 cm³/mol. The van der Waals surface area contributed by atoms with Gasteiger partial charge in [0.2, 0.25) is 0 Å². The van der Waals surface area contributed by atoms with E-state index in [2.05, 4.69) is 32.3 Å². The molecular formula is C29H23N9O2. The Bertz CT molecular complexity index is 2030. The summed E-state index contributed by atoms with van der Waals surface area (Å²) in [6, 6.07) is 15.5. The first-order valence-corrected chi connectivity index (χ1v) is 12.4. The molecule has 0 saturated carbocycles. The first kappa shape index (κ1) is 24.6. The van der Waals surface area contributed by atoms with Crippen molar-refractivity contribution >= 4 is 28.1 Å². The van der Waals surface area contributed by atoms with Gasteiger partial charge in [0.05, 0.1) is 39.9 Å². The molecule has 0 bridgehead atoms. The van der Waals surface area contributed by atoms with Gasteiger partial charge >= 0.3 is 0 Å². The molecule has 196 valence electrons. The second kappa shape index (κ2) is 9.85. The molecule has 4 aromatic heterocycles. The first-order valence-electron chi connectivity index (χ1n) is 12.4. The van der Waals surface area contributed by atoms with Gasteiger partial charge in [0, 0.05) is 25.0 Å². The maximum Gasteiger partial charge on any atom is 0.267 e. The molecule has 0 saturated heterocycles. The van der Waals surface area contributed by atoms with Crippen LogP contribution in [0.1, 0.15) is 40.3 Å². The van der Waals surface area contributed by atoms with Crippen LogP contribution in [0.3, 0.4) is 0 Å². The average molecular weight is 530 g/mol. The van der Waals surface area contributed by atoms with Crippen LogP contribution >= 0.6 is 0 Å². The summed E-state index contributed by atoms with van der Waals surface area (Å²) in [5.41, 5.74) is 8.84. The lowest BCUT2D eigenvalue weighted by Crippen LogP contribution is -2.33. The summed E-state index contributed by atoms with van der Waals surface area (Å²) in [4.78, 5) is 36.4. The number of para-hydroxylation sites is 1. The minimum absolute atomic E-state index is 0.0708. The van der Waals surface area contributed by atoms with Gasteiger partial charge in [0.1, 0.15) is 17.7 Å². The van der Waals surface area contributed by atoms with Crippen molar-refractivity contribution < 1.29 is 4.79 Å². The Morgan fingerprint density at radius 1 is 1.07 bits per heavy atom. The van der Waals surface area contributed by atoms with Crippen LogP contribution in [0.15, 0.2) is 84.3 Å². The molecule has 0 fully saturated rings. The molecule has 0 aliphatic heterocycles. The SMILES string of the molecule is C[C@H](NC(=O)c1c(N)nn2cnccc12)c1nc2cccc(C#Cc3cnn(C)c3)c2c(=O)n1-c1ccccc1. The van der Waals surface area contributed by atoms with Crippen LogP contribution in [0.25, 0.3) is 22.1 Å². The lowest BCUT2D eigenvalue weighted by atomic mass is 10.1. The van der Waals surface area contributed by atoms with Gasteiger partial charge in [-0.2, -0.15) is 5.10 Å². The van der Waals surface area contributed by atoms with Gasteiger partial charge in [-0.1, -0.05) is 36.1 Å². The van der Waals surface area contributed by atoms with Gasteiger partial charge in [-0.05, 0) is 37.3 Å². The number of carbonyl (C=O) groups is 1. The van der Waals surface area contributed by atoms with Crippen molar-refractivity contribution in [2.24, 2.45) is 7.05 Å². The number of aryl methyl sites for hydroxylation is 1. The summed E-state index contributed by atoms with van der Waals surface area (Å²) in [5.74, 6) is 6.15. The number of hydrogen-bond acceptors (Lipinski definition) is 7. The van der Waals surface area contributed by atoms with E-state index < -0.39 is 11.9 Å². The number of hydrogen-bond donors (Lipinski definition) is 2. The number of amides is 1. The molecule has 6 aromatic rings. The molecule has 1 amide bonds. The van der Waals surface area contributed by atoms with Crippen LogP contribution in [0.2, 0.25) is 0 Å². The fourth-order valence-corrected chi connectivity index (χ4v) is 4.59. The number of nitrogens with zero attached hydrogens (tertiary/aromatic N) is 7. The average Bonchev–Trinajstić information content (AvgIpc) is 3.53. The van der Waals surface area contributed by atoms with E-state index >= 15 is 0 Å². The summed E-state index contributed by atoms with van der Waals surface area (Å²) in [5, 5.41) is 11.6. The molecular weight excluding hydrogens is 506 g/mol. The molecule has 11 heteroatoms. The summed E-state index contributed by atoms with van der Waals surface area (Å²) in [6.45, 7) is 1.76. The summed E-state index contributed by atoms with van der Waals surface area (Å²) in [7, 11) is 1.81. The number of benzene rings is 2. The smallest absolute Gasteiger partial charge is 0.267 e. The Morgan fingerprint density at radius 3 is 2.67 bits per heavy atom. The third-order valence-corrected chi connectivity index (χ3v) is 6.42. The van der Waals surface area contributed by atoms with E-state index in [0.29, 0.717) is 33.5 Å². The van der Waals surface area contributed by atoms with E-state index in [4.69, 9.17) is 10.7 Å². The van der Waals surface area contributed by atoms with Crippen molar-refractivity contribution in [2.75, 3.05) is 5.73 Å². The van der Waals surface area contributed by atoms with Gasteiger partial charge in [-0.25, -0.2) is 14.5 Å². The van der Waals surface area contributed by atoms with Crippen molar-refractivity contribution in [3.8, 4) is 17.5 Å². The largest absolute Gasteiger partial charge is 0.382 e. The molecule has 0 aliphatic rings. The number of aromatic nitrogens is 7. The maximum atomic E-state index is 14.1. The minimum atomic E-state index is -0.675. The maximum absolute atomic E-state index is 14.1. The van der Waals surface area contributed by atoms with Crippen LogP contribution in [0.5, 0.6) is 0 Å². The second-order valence-electron chi connectivity index (χ2n) is 9.16. The molecule has 1 atom stereocenters. The zero-order chi connectivity index (χ0) is 27.8. The number of fused-ring (bicyclic) bond motifs is 2. The number of rotatable bonds is 4. The van der Waals surface area contributed by atoms with E-state index in [9.17, 15) is 9.59 Å². The molecule has 0 spiro atoms. The van der Waals surface area contributed by atoms with E-state index in [0.717, 1.165) is 5.56 Å². The second-order valence-corrected chi connectivity index (χ2v) is 9.16. The van der Waals surface area contributed by atoms with Crippen LogP contribution in [-0.4, -0.2) is 39.8 Å². The van der Waals surface area contributed by atoms with Gasteiger partial charge in [-0.3, -0.25) is 18.8 Å². The monoisotopic (exact) mass is 529 g/mol. The normalized spacial score (nSPS) is 11.8. The molecule has 0 unspecified atom stereocenters. The summed E-state index contributed by atoms with van der Waals surface area (Å²) < 4.78 is 4.61. The highest BCUT2D eigenvalue weighted by Gasteiger charge is 2.24. The summed E-state index contributed by atoms with van der Waals surface area (Å²) in [6.07, 6.45) is 6.49. The first-order chi connectivity index (χ1) is 19.4. The third kappa shape index (κ3) is 4.33. The van der Waals surface area contributed by atoms with Gasteiger partial charge < -0.3 is 11.1 Å². The number of carbonyl (C=O) groups excluding carboxylic acids is 1. The molecule has 40 heavy (non-hydrogen) atoms. The van der Waals surface area contributed by atoms with Crippen LogP contribution in [0.4, 0.5) is 5.82 Å². The molecule has 6 rings (SSSR count). The van der Waals surface area contributed by atoms with E-state index in [1.165, 1.54) is 15.4 Å². The summed E-state index contributed by atoms with van der Waals surface area (Å²) >= 11 is 0. The van der Waals surface area contributed by atoms with Crippen LogP contribution in [0, 0.1) is 11.8 Å². The zero-order valence-corrected chi connectivity index (χ0v) is 21.6. The lowest BCUT2D eigenvalue weighted by molar-refractivity contribution is 0.0940. The third-order valence-electron chi connectivity index (χ3n) is 6.42. The lowest BCUT2D eigenvalue weighted by Gasteiger charge is -2.20. The molecule has 3 N–H and O–H groups in total. The highest BCUT2D eigenvalue weighted by Crippen LogP contribution is 2.22. The van der Waals surface area contributed by atoms with E-state index in [1.54, 1.807) is 54.5 Å². The predicted octanol–water partition coefficient (Wildman–Crippen LogP) is 2.63. The Hall–Kier alpha value is -5.76. The Labute approximate surface area is 227 Å². The fourth-order valence-electron chi connectivity index (χ4n) is 4.59. The van der Waals surface area contributed by atoms with Crippen molar-refractivity contribution in [3.63, 3.8) is 0 Å². The van der Waals surface area contributed by atoms with Crippen LogP contribution in [-0.2, 0) is 7.05 Å². The Morgan fingerprint density at radius 2 is 1.90 bits per heavy atom. The van der Waals surface area contributed by atoms with Crippen LogP contribution < -0.4 is 16.6 Å². The topological polar surface area (TPSA) is 138 Å². The number of anilines is 1. The number of nitrogens with one attached hydrogen (secondary N) is 1. The molecule has 2 aromatic carbocycles. The van der Waals surface area contributed by atoms with Crippen molar-refractivity contribution in [1.82, 2.24) is 39.2 Å². The molecule has 4 heterocycles.